The van der Waals surface area contributed by atoms with Crippen LogP contribution >= 0.6 is 0 Å². The fourth-order valence-corrected chi connectivity index (χ4v) is 1.87. The van der Waals surface area contributed by atoms with E-state index >= 15 is 0 Å². The van der Waals surface area contributed by atoms with E-state index in [2.05, 4.69) is 4.99 Å². The highest BCUT2D eigenvalue weighted by molar-refractivity contribution is 5.92. The van der Waals surface area contributed by atoms with Crippen molar-refractivity contribution in [3.05, 3.63) is 89.6 Å². The fraction of sp³-hybridized carbons (Fsp3) is 0.100. The molecule has 0 aliphatic rings. The topological polar surface area (TPSA) is 38.7 Å². The molecule has 0 saturated heterocycles. The molecule has 0 aromatic heterocycles. The lowest BCUT2D eigenvalue weighted by molar-refractivity contribution is -0.138. The van der Waals surface area contributed by atoms with Gasteiger partial charge in [0, 0.05) is 6.21 Å². The Morgan fingerprint density at radius 2 is 1.61 bits per heavy atom. The Labute approximate surface area is 136 Å². The maximum atomic E-state index is 12.0. The fourth-order valence-electron chi connectivity index (χ4n) is 1.87. The molecule has 0 radical (unpaired) electrons. The summed E-state index contributed by atoms with van der Waals surface area (Å²) in [6.45, 7) is 2.09. The lowest BCUT2D eigenvalue weighted by Crippen LogP contribution is -2.06. The first kappa shape index (κ1) is 16.4. The molecule has 116 valence electrons. The van der Waals surface area contributed by atoms with Gasteiger partial charge in [0.15, 0.2) is 0 Å². The predicted molar refractivity (Wildman–Crippen MR) is 94.2 cm³/mol. The standard InChI is InChI=1S/C20H19NO2/c1-2-23-20(22)19(21-16-18-12-7-4-8-13-18)15-9-14-17-10-5-3-6-11-17/h3-16H,2H2,1H3/b14-9+,19-15+,21-16?. The Kier molecular flexibility index (Phi) is 6.54. The molecule has 2 aromatic carbocycles. The number of carbonyl (C=O) groups is 1. The van der Waals surface area contributed by atoms with Crippen molar-refractivity contribution in [2.24, 2.45) is 4.99 Å². The van der Waals surface area contributed by atoms with Crippen molar-refractivity contribution in [2.45, 2.75) is 6.92 Å². The van der Waals surface area contributed by atoms with Crippen LogP contribution in [0.15, 0.2) is 83.5 Å². The first-order chi connectivity index (χ1) is 11.3. The van der Waals surface area contributed by atoms with E-state index in [1.165, 1.54) is 0 Å². The molecular weight excluding hydrogens is 286 g/mol. The second-order valence-electron chi connectivity index (χ2n) is 4.71. The van der Waals surface area contributed by atoms with Crippen molar-refractivity contribution >= 4 is 18.3 Å². The third-order valence-electron chi connectivity index (χ3n) is 2.98. The van der Waals surface area contributed by atoms with Crippen LogP contribution in [0.25, 0.3) is 6.08 Å². The van der Waals surface area contributed by atoms with E-state index in [0.717, 1.165) is 11.1 Å². The van der Waals surface area contributed by atoms with E-state index in [0.29, 0.717) is 6.61 Å². The summed E-state index contributed by atoms with van der Waals surface area (Å²) in [7, 11) is 0. The molecule has 0 fully saturated rings. The van der Waals surface area contributed by atoms with Crippen LogP contribution in [0.5, 0.6) is 0 Å². The zero-order chi connectivity index (χ0) is 16.3. The number of rotatable bonds is 6. The molecule has 3 heteroatoms. The van der Waals surface area contributed by atoms with Crippen LogP contribution in [0.3, 0.4) is 0 Å². The molecule has 0 N–H and O–H groups in total. The van der Waals surface area contributed by atoms with Crippen LogP contribution in [0, 0.1) is 0 Å². The van der Waals surface area contributed by atoms with Crippen molar-refractivity contribution in [1.29, 1.82) is 0 Å². The highest BCUT2D eigenvalue weighted by atomic mass is 16.5. The van der Waals surface area contributed by atoms with Gasteiger partial charge in [0.05, 0.1) is 6.61 Å². The summed E-state index contributed by atoms with van der Waals surface area (Å²) in [4.78, 5) is 16.2. The van der Waals surface area contributed by atoms with Gasteiger partial charge in [-0.05, 0) is 24.1 Å². The summed E-state index contributed by atoms with van der Waals surface area (Å²) < 4.78 is 5.04. The third kappa shape index (κ3) is 5.75. The minimum absolute atomic E-state index is 0.267. The number of hydrogen-bond acceptors (Lipinski definition) is 3. The van der Waals surface area contributed by atoms with Crippen molar-refractivity contribution < 1.29 is 9.53 Å². The zero-order valence-electron chi connectivity index (χ0n) is 13.1. The molecule has 0 aliphatic carbocycles. The molecule has 0 amide bonds. The smallest absolute Gasteiger partial charge is 0.356 e. The molecule has 2 rings (SSSR count). The lowest BCUT2D eigenvalue weighted by Gasteiger charge is -2.01. The van der Waals surface area contributed by atoms with Crippen LogP contribution in [0.1, 0.15) is 18.1 Å². The van der Waals surface area contributed by atoms with Crippen LogP contribution in [-0.4, -0.2) is 18.8 Å². The summed E-state index contributed by atoms with van der Waals surface area (Å²) in [5, 5.41) is 0. The van der Waals surface area contributed by atoms with Crippen molar-refractivity contribution in [3.8, 4) is 0 Å². The second-order valence-corrected chi connectivity index (χ2v) is 4.71. The molecule has 0 spiro atoms. The summed E-state index contributed by atoms with van der Waals surface area (Å²) in [6.07, 6.45) is 7.02. The molecule has 3 nitrogen and oxygen atoms in total. The maximum Gasteiger partial charge on any atom is 0.356 e. The quantitative estimate of drug-likeness (QED) is 0.346. The van der Waals surface area contributed by atoms with Gasteiger partial charge in [0.1, 0.15) is 5.70 Å². The van der Waals surface area contributed by atoms with Gasteiger partial charge >= 0.3 is 5.97 Å². The van der Waals surface area contributed by atoms with Gasteiger partial charge in [-0.3, -0.25) is 0 Å². The molecule has 23 heavy (non-hydrogen) atoms. The molecular formula is C20H19NO2. The highest BCUT2D eigenvalue weighted by Crippen LogP contribution is 2.06. The minimum Gasteiger partial charge on any atom is -0.461 e. The summed E-state index contributed by atoms with van der Waals surface area (Å²) >= 11 is 0. The minimum atomic E-state index is -0.433. The van der Waals surface area contributed by atoms with E-state index in [1.807, 2.05) is 66.7 Å². The second kappa shape index (κ2) is 9.15. The van der Waals surface area contributed by atoms with Crippen LogP contribution in [0.2, 0.25) is 0 Å². The Bertz CT molecular complexity index is 701. The first-order valence-electron chi connectivity index (χ1n) is 7.49. The van der Waals surface area contributed by atoms with E-state index in [1.54, 1.807) is 25.3 Å². The average molecular weight is 305 g/mol. The SMILES string of the molecule is CCOC(=O)/C(=C\C=C\c1ccccc1)N=Cc1ccccc1. The monoisotopic (exact) mass is 305 g/mol. The Morgan fingerprint density at radius 3 is 2.22 bits per heavy atom. The predicted octanol–water partition coefficient (Wildman–Crippen LogP) is 4.27. The molecule has 0 heterocycles. The molecule has 0 saturated carbocycles. The van der Waals surface area contributed by atoms with Gasteiger partial charge in [-0.25, -0.2) is 9.79 Å². The van der Waals surface area contributed by atoms with Gasteiger partial charge in [0.2, 0.25) is 0 Å². The zero-order valence-corrected chi connectivity index (χ0v) is 13.1. The highest BCUT2D eigenvalue weighted by Gasteiger charge is 2.07. The number of aliphatic imine (C=N–C) groups is 1. The van der Waals surface area contributed by atoms with Crippen molar-refractivity contribution in [3.63, 3.8) is 0 Å². The third-order valence-corrected chi connectivity index (χ3v) is 2.98. The Hall–Kier alpha value is -2.94. The number of carbonyl (C=O) groups excluding carboxylic acids is 1. The number of hydrogen-bond donors (Lipinski definition) is 0. The van der Waals surface area contributed by atoms with Gasteiger partial charge < -0.3 is 4.74 Å². The molecule has 2 aromatic rings. The molecule has 0 unspecified atom stereocenters. The van der Waals surface area contributed by atoms with Crippen LogP contribution in [0.4, 0.5) is 0 Å². The van der Waals surface area contributed by atoms with Crippen molar-refractivity contribution in [2.75, 3.05) is 6.61 Å². The number of nitrogens with zero attached hydrogens (tertiary/aromatic N) is 1. The number of allylic oxidation sites excluding steroid dienone is 2. The van der Waals surface area contributed by atoms with Crippen LogP contribution in [-0.2, 0) is 9.53 Å². The van der Waals surface area contributed by atoms with Gasteiger partial charge in [-0.2, -0.15) is 0 Å². The van der Waals surface area contributed by atoms with E-state index < -0.39 is 5.97 Å². The van der Waals surface area contributed by atoms with Gasteiger partial charge in [0.25, 0.3) is 0 Å². The average Bonchev–Trinajstić information content (AvgIpc) is 2.60. The van der Waals surface area contributed by atoms with Crippen LogP contribution < -0.4 is 0 Å². The number of esters is 1. The normalized spacial score (nSPS) is 12.0. The van der Waals surface area contributed by atoms with E-state index in [-0.39, 0.29) is 5.70 Å². The summed E-state index contributed by atoms with van der Waals surface area (Å²) in [5.41, 5.74) is 2.25. The van der Waals surface area contributed by atoms with Crippen molar-refractivity contribution in [1.82, 2.24) is 0 Å². The number of ether oxygens (including phenoxy) is 1. The summed E-state index contributed by atoms with van der Waals surface area (Å²) in [5.74, 6) is -0.433. The Balaban J connectivity index is 2.16. The molecule has 0 bridgehead atoms. The van der Waals surface area contributed by atoms with Gasteiger partial charge in [-0.15, -0.1) is 0 Å². The lowest BCUT2D eigenvalue weighted by atomic mass is 10.2. The first-order valence-corrected chi connectivity index (χ1v) is 7.49. The van der Waals surface area contributed by atoms with Gasteiger partial charge in [-0.1, -0.05) is 72.8 Å². The molecule has 0 atom stereocenters. The Morgan fingerprint density at radius 1 is 1.00 bits per heavy atom. The number of benzene rings is 2. The maximum absolute atomic E-state index is 12.0. The molecule has 0 aliphatic heterocycles. The van der Waals surface area contributed by atoms with E-state index in [4.69, 9.17) is 4.74 Å². The summed E-state index contributed by atoms with van der Waals surface area (Å²) in [6, 6.07) is 19.5. The van der Waals surface area contributed by atoms with E-state index in [9.17, 15) is 4.79 Å². The largest absolute Gasteiger partial charge is 0.461 e.